The van der Waals surface area contributed by atoms with Crippen molar-refractivity contribution in [3.8, 4) is 10.4 Å². The average Bonchev–Trinajstić information content (AvgIpc) is 2.57. The third-order valence-electron chi connectivity index (χ3n) is 1.86. The minimum Gasteiger partial charge on any atom is -0.396 e. The molecule has 5 heteroatoms. The maximum Gasteiger partial charge on any atom is 0.176 e. The fraction of sp³-hybridized carbons (Fsp3) is 0. The Kier molecular flexibility index (Phi) is 2.09. The Morgan fingerprint density at radius 2 is 2.00 bits per heavy atom. The van der Waals surface area contributed by atoms with E-state index in [0.29, 0.717) is 16.9 Å². The molecule has 2 rings (SSSR count). The Balaban J connectivity index is 2.57. The fourth-order valence-corrected chi connectivity index (χ4v) is 1.90. The highest BCUT2D eigenvalue weighted by Crippen LogP contribution is 2.33. The summed E-state index contributed by atoms with van der Waals surface area (Å²) >= 11 is 1.02. The molecule has 72 valence electrons. The molecule has 2 aromatic heterocycles. The Hall–Kier alpha value is -1.62. The molecule has 0 aliphatic heterocycles. The van der Waals surface area contributed by atoms with Gasteiger partial charge in [-0.05, 0) is 12.1 Å². The molecule has 0 radical (unpaired) electrons. The van der Waals surface area contributed by atoms with Gasteiger partial charge in [-0.2, -0.15) is 4.39 Å². The molecule has 2 heterocycles. The summed E-state index contributed by atoms with van der Waals surface area (Å²) in [6.07, 6.45) is 3.06. The number of hydrogen-bond acceptors (Lipinski definition) is 4. The smallest absolute Gasteiger partial charge is 0.176 e. The lowest BCUT2D eigenvalue weighted by Gasteiger charge is -2.04. The van der Waals surface area contributed by atoms with Crippen LogP contribution < -0.4 is 11.5 Å². The number of aromatic nitrogens is 1. The zero-order valence-corrected chi connectivity index (χ0v) is 8.01. The van der Waals surface area contributed by atoms with Gasteiger partial charge in [0.25, 0.3) is 0 Å². The van der Waals surface area contributed by atoms with Crippen LogP contribution in [0.15, 0.2) is 24.5 Å². The molecule has 0 aliphatic carbocycles. The highest BCUT2D eigenvalue weighted by atomic mass is 32.1. The average molecular weight is 209 g/mol. The molecule has 2 aromatic rings. The molecule has 0 atom stereocenters. The third kappa shape index (κ3) is 1.42. The zero-order valence-electron chi connectivity index (χ0n) is 7.20. The van der Waals surface area contributed by atoms with Gasteiger partial charge in [0.15, 0.2) is 5.13 Å². The lowest BCUT2D eigenvalue weighted by molar-refractivity contribution is 0.657. The molecule has 0 aromatic carbocycles. The maximum absolute atomic E-state index is 12.8. The van der Waals surface area contributed by atoms with Crippen LogP contribution in [0.4, 0.5) is 15.8 Å². The predicted octanol–water partition coefficient (Wildman–Crippen LogP) is 2.11. The second-order valence-electron chi connectivity index (χ2n) is 2.79. The largest absolute Gasteiger partial charge is 0.396 e. The van der Waals surface area contributed by atoms with E-state index in [9.17, 15) is 4.39 Å². The Morgan fingerprint density at radius 1 is 1.21 bits per heavy atom. The monoisotopic (exact) mass is 209 g/mol. The summed E-state index contributed by atoms with van der Waals surface area (Å²) in [4.78, 5) is 4.65. The lowest BCUT2D eigenvalue weighted by Crippen LogP contribution is -1.97. The van der Waals surface area contributed by atoms with Crippen molar-refractivity contribution in [2.45, 2.75) is 0 Å². The maximum atomic E-state index is 12.8. The molecular formula is C9H8FN3S. The zero-order chi connectivity index (χ0) is 10.1. The van der Waals surface area contributed by atoms with Crippen LogP contribution >= 0.6 is 11.3 Å². The second-order valence-corrected chi connectivity index (χ2v) is 3.83. The Bertz CT molecular complexity index is 467. The van der Waals surface area contributed by atoms with E-state index >= 15 is 0 Å². The van der Waals surface area contributed by atoms with Crippen LogP contribution in [0, 0.1) is 5.13 Å². The van der Waals surface area contributed by atoms with Crippen molar-refractivity contribution in [3.05, 3.63) is 29.7 Å². The van der Waals surface area contributed by atoms with E-state index in [2.05, 4.69) is 4.98 Å². The minimum atomic E-state index is -0.248. The molecule has 0 bridgehead atoms. The molecule has 4 N–H and O–H groups in total. The van der Waals surface area contributed by atoms with Crippen molar-refractivity contribution >= 4 is 22.7 Å². The lowest BCUT2D eigenvalue weighted by atomic mass is 10.2. The van der Waals surface area contributed by atoms with Crippen LogP contribution in [0.3, 0.4) is 0 Å². The number of halogens is 1. The van der Waals surface area contributed by atoms with Crippen LogP contribution in [0.5, 0.6) is 0 Å². The van der Waals surface area contributed by atoms with Gasteiger partial charge in [0, 0.05) is 16.6 Å². The molecule has 0 spiro atoms. The van der Waals surface area contributed by atoms with Gasteiger partial charge in [0.1, 0.15) is 0 Å². The SMILES string of the molecule is Nc1cncc(-c2ccc(F)s2)c1N. The quantitative estimate of drug-likeness (QED) is 0.756. The van der Waals surface area contributed by atoms with E-state index in [4.69, 9.17) is 11.5 Å². The van der Waals surface area contributed by atoms with Crippen molar-refractivity contribution in [1.29, 1.82) is 0 Å². The molecule has 0 fully saturated rings. The van der Waals surface area contributed by atoms with Gasteiger partial charge in [-0.15, -0.1) is 11.3 Å². The van der Waals surface area contributed by atoms with Gasteiger partial charge >= 0.3 is 0 Å². The molecular weight excluding hydrogens is 201 g/mol. The summed E-state index contributed by atoms with van der Waals surface area (Å²) in [7, 11) is 0. The van der Waals surface area contributed by atoms with Gasteiger partial charge < -0.3 is 11.5 Å². The molecule has 0 unspecified atom stereocenters. The van der Waals surface area contributed by atoms with Crippen LogP contribution in [-0.2, 0) is 0 Å². The first kappa shape index (κ1) is 8.96. The molecule has 3 nitrogen and oxygen atoms in total. The molecule has 0 amide bonds. The van der Waals surface area contributed by atoms with Gasteiger partial charge in [0.05, 0.1) is 17.6 Å². The summed E-state index contributed by atoms with van der Waals surface area (Å²) in [6.45, 7) is 0. The number of nitrogens with two attached hydrogens (primary N) is 2. The van der Waals surface area contributed by atoms with Gasteiger partial charge in [0.2, 0.25) is 0 Å². The Labute approximate surface area is 84.2 Å². The van der Waals surface area contributed by atoms with Gasteiger partial charge in [-0.1, -0.05) is 0 Å². The number of anilines is 2. The first-order chi connectivity index (χ1) is 6.68. The van der Waals surface area contributed by atoms with Crippen molar-refractivity contribution in [2.24, 2.45) is 0 Å². The molecule has 0 saturated carbocycles. The highest BCUT2D eigenvalue weighted by molar-refractivity contribution is 7.14. The molecule has 0 aliphatic rings. The van der Waals surface area contributed by atoms with Crippen LogP contribution in [0.1, 0.15) is 0 Å². The topological polar surface area (TPSA) is 64.9 Å². The predicted molar refractivity (Wildman–Crippen MR) is 56.3 cm³/mol. The number of pyridine rings is 1. The van der Waals surface area contributed by atoms with Crippen LogP contribution in [0.25, 0.3) is 10.4 Å². The van der Waals surface area contributed by atoms with Crippen molar-refractivity contribution in [3.63, 3.8) is 0 Å². The normalized spacial score (nSPS) is 10.4. The fourth-order valence-electron chi connectivity index (χ4n) is 1.14. The van der Waals surface area contributed by atoms with E-state index in [1.165, 1.54) is 12.3 Å². The standard InChI is InChI=1S/C9H8FN3S/c10-8-2-1-7(14-8)5-3-13-4-6(11)9(5)12/h1-4H,11H2,(H2,12,13). The van der Waals surface area contributed by atoms with Crippen molar-refractivity contribution < 1.29 is 4.39 Å². The number of nitrogens with zero attached hydrogens (tertiary/aromatic N) is 1. The summed E-state index contributed by atoms with van der Waals surface area (Å²) < 4.78 is 12.8. The summed E-state index contributed by atoms with van der Waals surface area (Å²) in [6, 6.07) is 3.05. The van der Waals surface area contributed by atoms with E-state index in [-0.39, 0.29) is 5.13 Å². The van der Waals surface area contributed by atoms with Gasteiger partial charge in [-0.3, -0.25) is 4.98 Å². The summed E-state index contributed by atoms with van der Waals surface area (Å²) in [5, 5.41) is -0.248. The molecule has 0 saturated heterocycles. The third-order valence-corrected chi connectivity index (χ3v) is 2.76. The van der Waals surface area contributed by atoms with Crippen LogP contribution in [-0.4, -0.2) is 4.98 Å². The van der Waals surface area contributed by atoms with E-state index in [1.54, 1.807) is 12.3 Å². The number of hydrogen-bond donors (Lipinski definition) is 2. The number of rotatable bonds is 1. The summed E-state index contributed by atoms with van der Waals surface area (Å²) in [5.74, 6) is 0. The number of thiophene rings is 1. The first-order valence-electron chi connectivity index (χ1n) is 3.93. The summed E-state index contributed by atoms with van der Waals surface area (Å²) in [5.41, 5.74) is 12.9. The van der Waals surface area contributed by atoms with Crippen LogP contribution in [0.2, 0.25) is 0 Å². The Morgan fingerprint density at radius 3 is 2.64 bits per heavy atom. The highest BCUT2D eigenvalue weighted by Gasteiger charge is 2.08. The van der Waals surface area contributed by atoms with E-state index in [0.717, 1.165) is 16.2 Å². The minimum absolute atomic E-state index is 0.248. The second kappa shape index (κ2) is 3.26. The van der Waals surface area contributed by atoms with Gasteiger partial charge in [-0.25, -0.2) is 0 Å². The van der Waals surface area contributed by atoms with Crippen molar-refractivity contribution in [1.82, 2.24) is 4.98 Å². The van der Waals surface area contributed by atoms with E-state index < -0.39 is 0 Å². The van der Waals surface area contributed by atoms with Crippen molar-refractivity contribution in [2.75, 3.05) is 11.5 Å². The number of nitrogen functional groups attached to an aromatic ring is 2. The molecule has 14 heavy (non-hydrogen) atoms. The van der Waals surface area contributed by atoms with E-state index in [1.807, 2.05) is 0 Å². The first-order valence-corrected chi connectivity index (χ1v) is 4.75.